The van der Waals surface area contributed by atoms with Gasteiger partial charge in [0.05, 0.1) is 5.02 Å². The molecule has 1 saturated heterocycles. The van der Waals surface area contributed by atoms with Gasteiger partial charge in [0.15, 0.2) is 9.84 Å². The molecule has 24 heavy (non-hydrogen) atoms. The van der Waals surface area contributed by atoms with E-state index in [9.17, 15) is 13.2 Å². The van der Waals surface area contributed by atoms with E-state index < -0.39 is 15.1 Å². The fraction of sp³-hybridized carbons (Fsp3) is 0.562. The molecule has 2 rings (SSSR count). The highest BCUT2D eigenvalue weighted by Gasteiger charge is 2.30. The van der Waals surface area contributed by atoms with E-state index in [0.717, 1.165) is 12.8 Å². The smallest absolute Gasteiger partial charge is 0.240 e. The largest absolute Gasteiger partial charge is 0.491 e. The van der Waals surface area contributed by atoms with Crippen molar-refractivity contribution in [2.45, 2.75) is 12.2 Å². The molecule has 134 valence electrons. The fourth-order valence-electron chi connectivity index (χ4n) is 2.48. The molecule has 1 heterocycles. The zero-order valence-electron chi connectivity index (χ0n) is 13.9. The molecule has 0 unspecified atom stereocenters. The van der Waals surface area contributed by atoms with Crippen LogP contribution in [0, 0.1) is 0 Å². The van der Waals surface area contributed by atoms with Crippen LogP contribution in [0.25, 0.3) is 0 Å². The molecule has 1 aliphatic rings. The zero-order valence-corrected chi connectivity index (χ0v) is 15.5. The van der Waals surface area contributed by atoms with Gasteiger partial charge in [-0.2, -0.15) is 0 Å². The first kappa shape index (κ1) is 19.0. The van der Waals surface area contributed by atoms with Crippen LogP contribution in [0.4, 0.5) is 0 Å². The van der Waals surface area contributed by atoms with Crippen LogP contribution in [-0.4, -0.2) is 75.0 Å². The minimum Gasteiger partial charge on any atom is -0.491 e. The maximum absolute atomic E-state index is 12.2. The van der Waals surface area contributed by atoms with Crippen LogP contribution in [0.2, 0.25) is 5.02 Å². The van der Waals surface area contributed by atoms with Crippen LogP contribution in [0.1, 0.15) is 6.92 Å². The lowest BCUT2D eigenvalue weighted by Gasteiger charge is -2.35. The van der Waals surface area contributed by atoms with Crippen molar-refractivity contribution in [1.82, 2.24) is 9.80 Å². The van der Waals surface area contributed by atoms with E-state index >= 15 is 0 Å². The average Bonchev–Trinajstić information content (AvgIpc) is 2.55. The Bertz CT molecular complexity index is 672. The lowest BCUT2D eigenvalue weighted by atomic mass is 10.3. The molecule has 0 radical (unpaired) electrons. The summed E-state index contributed by atoms with van der Waals surface area (Å²) in [6.45, 7) is 5.16. The fourth-order valence-corrected chi connectivity index (χ4v) is 3.18. The van der Waals surface area contributed by atoms with Gasteiger partial charge >= 0.3 is 0 Å². The summed E-state index contributed by atoms with van der Waals surface area (Å²) in [5, 5.41) is -0.393. The molecule has 1 amide bonds. The zero-order chi connectivity index (χ0) is 17.7. The minimum atomic E-state index is -3.35. The summed E-state index contributed by atoms with van der Waals surface area (Å²) in [6, 6.07) is 7.33. The van der Waals surface area contributed by atoms with Gasteiger partial charge in [0.25, 0.3) is 0 Å². The van der Waals surface area contributed by atoms with Crippen molar-refractivity contribution < 1.29 is 17.9 Å². The monoisotopic (exact) mass is 374 g/mol. The highest BCUT2D eigenvalue weighted by atomic mass is 35.5. The molecule has 1 fully saturated rings. The van der Waals surface area contributed by atoms with E-state index in [-0.39, 0.29) is 5.91 Å². The Kier molecular flexibility index (Phi) is 6.48. The van der Waals surface area contributed by atoms with Crippen LogP contribution < -0.4 is 4.74 Å². The van der Waals surface area contributed by atoms with Crippen molar-refractivity contribution in [2.24, 2.45) is 0 Å². The number of hydrogen-bond donors (Lipinski definition) is 0. The van der Waals surface area contributed by atoms with Crippen LogP contribution in [0.3, 0.4) is 0 Å². The summed E-state index contributed by atoms with van der Waals surface area (Å²) in [6.07, 6.45) is 1.10. The third kappa shape index (κ3) is 5.09. The molecule has 1 aliphatic heterocycles. The third-order valence-corrected chi connectivity index (χ3v) is 5.97. The summed E-state index contributed by atoms with van der Waals surface area (Å²) in [5.41, 5.74) is 0. The van der Waals surface area contributed by atoms with Crippen LogP contribution in [0.15, 0.2) is 24.3 Å². The van der Waals surface area contributed by atoms with Crippen LogP contribution >= 0.6 is 11.6 Å². The van der Waals surface area contributed by atoms with E-state index in [0.29, 0.717) is 43.6 Å². The van der Waals surface area contributed by atoms with Gasteiger partial charge in [-0.1, -0.05) is 23.7 Å². The number of piperazine rings is 1. The van der Waals surface area contributed by atoms with Gasteiger partial charge in [0.1, 0.15) is 17.6 Å². The van der Waals surface area contributed by atoms with Crippen molar-refractivity contribution >= 4 is 27.3 Å². The Morgan fingerprint density at radius 3 is 2.46 bits per heavy atom. The van der Waals surface area contributed by atoms with E-state index in [4.69, 9.17) is 16.3 Å². The van der Waals surface area contributed by atoms with E-state index in [2.05, 4.69) is 4.90 Å². The molecular formula is C16H23ClN2O4S. The molecule has 0 spiro atoms. The van der Waals surface area contributed by atoms with Gasteiger partial charge in [0, 0.05) is 39.0 Å². The van der Waals surface area contributed by atoms with E-state index in [1.54, 1.807) is 11.0 Å². The number of ether oxygens (including phenoxy) is 1. The molecule has 0 aliphatic carbocycles. The molecule has 0 saturated carbocycles. The van der Waals surface area contributed by atoms with Crippen molar-refractivity contribution in [3.8, 4) is 5.75 Å². The summed E-state index contributed by atoms with van der Waals surface area (Å²) < 4.78 is 28.7. The molecule has 0 N–H and O–H groups in total. The van der Waals surface area contributed by atoms with Gasteiger partial charge in [-0.25, -0.2) is 8.42 Å². The van der Waals surface area contributed by atoms with Crippen molar-refractivity contribution in [1.29, 1.82) is 0 Å². The number of carbonyl (C=O) groups is 1. The SMILES string of the molecule is C[C@H](C(=O)N1CCN(CCOc2ccccc2Cl)CC1)S(C)(=O)=O. The van der Waals surface area contributed by atoms with E-state index in [1.165, 1.54) is 6.92 Å². The number of hydrogen-bond acceptors (Lipinski definition) is 5. The topological polar surface area (TPSA) is 66.9 Å². The number of amides is 1. The Balaban J connectivity index is 1.75. The predicted molar refractivity (Wildman–Crippen MR) is 94.3 cm³/mol. The molecular weight excluding hydrogens is 352 g/mol. The van der Waals surface area contributed by atoms with Gasteiger partial charge in [0.2, 0.25) is 5.91 Å². The summed E-state index contributed by atoms with van der Waals surface area (Å²) in [4.78, 5) is 16.0. The van der Waals surface area contributed by atoms with Gasteiger partial charge in [-0.3, -0.25) is 9.69 Å². The standard InChI is InChI=1S/C16H23ClN2O4S/c1-13(24(2,21)22)16(20)19-9-7-18(8-10-19)11-12-23-15-6-4-3-5-14(15)17/h3-6,13H,7-12H2,1-2H3/t13-/m1/s1. The molecule has 0 aromatic heterocycles. The van der Waals surface area contributed by atoms with Crippen molar-refractivity contribution in [3.05, 3.63) is 29.3 Å². The Morgan fingerprint density at radius 2 is 1.88 bits per heavy atom. The van der Waals surface area contributed by atoms with Gasteiger partial charge in [-0.05, 0) is 19.1 Å². The van der Waals surface area contributed by atoms with Crippen molar-refractivity contribution in [2.75, 3.05) is 45.6 Å². The molecule has 0 bridgehead atoms. The molecule has 6 nitrogen and oxygen atoms in total. The minimum absolute atomic E-state index is 0.315. The Morgan fingerprint density at radius 1 is 1.25 bits per heavy atom. The normalized spacial score (nSPS) is 17.5. The number of carbonyl (C=O) groups excluding carboxylic acids is 1. The van der Waals surface area contributed by atoms with Crippen LogP contribution in [-0.2, 0) is 14.6 Å². The summed E-state index contributed by atoms with van der Waals surface area (Å²) in [5.74, 6) is 0.347. The number of para-hydroxylation sites is 1. The highest BCUT2D eigenvalue weighted by molar-refractivity contribution is 7.92. The summed E-state index contributed by atoms with van der Waals surface area (Å²) >= 11 is 6.03. The summed E-state index contributed by atoms with van der Waals surface area (Å²) in [7, 11) is -3.35. The van der Waals surface area contributed by atoms with E-state index in [1.807, 2.05) is 18.2 Å². The average molecular weight is 375 g/mol. The maximum atomic E-state index is 12.2. The second kappa shape index (κ2) is 8.18. The number of halogens is 1. The lowest BCUT2D eigenvalue weighted by molar-refractivity contribution is -0.132. The number of benzene rings is 1. The van der Waals surface area contributed by atoms with Crippen molar-refractivity contribution in [3.63, 3.8) is 0 Å². The van der Waals surface area contributed by atoms with Crippen LogP contribution in [0.5, 0.6) is 5.75 Å². The molecule has 8 heteroatoms. The lowest BCUT2D eigenvalue weighted by Crippen LogP contribution is -2.52. The Labute approximate surface area is 148 Å². The first-order valence-electron chi connectivity index (χ1n) is 7.86. The third-order valence-electron chi connectivity index (χ3n) is 4.18. The first-order chi connectivity index (χ1) is 11.3. The van der Waals surface area contributed by atoms with Gasteiger partial charge < -0.3 is 9.64 Å². The maximum Gasteiger partial charge on any atom is 0.240 e. The number of nitrogens with zero attached hydrogens (tertiary/aromatic N) is 2. The second-order valence-corrected chi connectivity index (χ2v) is 8.69. The number of rotatable bonds is 6. The Hall–Kier alpha value is -1.31. The highest BCUT2D eigenvalue weighted by Crippen LogP contribution is 2.22. The predicted octanol–water partition coefficient (Wildman–Crippen LogP) is 1.30. The first-order valence-corrected chi connectivity index (χ1v) is 10.2. The number of sulfone groups is 1. The molecule has 1 aromatic rings. The molecule has 1 atom stereocenters. The quantitative estimate of drug-likeness (QED) is 0.750. The van der Waals surface area contributed by atoms with Gasteiger partial charge in [-0.15, -0.1) is 0 Å². The molecule has 1 aromatic carbocycles. The second-order valence-electron chi connectivity index (χ2n) is 5.92.